The van der Waals surface area contributed by atoms with Crippen molar-refractivity contribution in [1.29, 1.82) is 0 Å². The van der Waals surface area contributed by atoms with Crippen molar-refractivity contribution in [3.63, 3.8) is 0 Å². The summed E-state index contributed by atoms with van der Waals surface area (Å²) in [5.41, 5.74) is 2.95. The van der Waals surface area contributed by atoms with Gasteiger partial charge in [-0.1, -0.05) is 23.8 Å². The SMILES string of the molecule is CNC(CC1=CCCCC1)c1ccc(OC)cc1. The molecule has 0 amide bonds. The zero-order valence-corrected chi connectivity index (χ0v) is 11.4. The largest absolute Gasteiger partial charge is 0.497 e. The lowest BCUT2D eigenvalue weighted by Crippen LogP contribution is -2.17. The fourth-order valence-corrected chi connectivity index (χ4v) is 2.58. The molecule has 0 aliphatic heterocycles. The maximum absolute atomic E-state index is 5.20. The molecule has 0 radical (unpaired) electrons. The predicted molar refractivity (Wildman–Crippen MR) is 76.0 cm³/mol. The van der Waals surface area contributed by atoms with Gasteiger partial charge in [0.25, 0.3) is 0 Å². The summed E-state index contributed by atoms with van der Waals surface area (Å²) in [5.74, 6) is 0.922. The molecule has 0 heterocycles. The number of benzene rings is 1. The van der Waals surface area contributed by atoms with Crippen LogP contribution in [0.15, 0.2) is 35.9 Å². The van der Waals surface area contributed by atoms with Crippen LogP contribution in [0.2, 0.25) is 0 Å². The van der Waals surface area contributed by atoms with Gasteiger partial charge in [0.2, 0.25) is 0 Å². The van der Waals surface area contributed by atoms with Crippen LogP contribution in [0.4, 0.5) is 0 Å². The lowest BCUT2D eigenvalue weighted by atomic mass is 9.91. The van der Waals surface area contributed by atoms with Crippen molar-refractivity contribution in [3.8, 4) is 5.75 Å². The van der Waals surface area contributed by atoms with Crippen LogP contribution >= 0.6 is 0 Å². The first-order valence-corrected chi connectivity index (χ1v) is 6.82. The van der Waals surface area contributed by atoms with Gasteiger partial charge in [-0.25, -0.2) is 0 Å². The Bertz CT molecular complexity index is 394. The second-order valence-corrected chi connectivity index (χ2v) is 4.93. The van der Waals surface area contributed by atoms with E-state index in [1.165, 1.54) is 31.2 Å². The zero-order valence-electron chi connectivity index (χ0n) is 11.4. The normalized spacial score (nSPS) is 17.1. The van der Waals surface area contributed by atoms with Gasteiger partial charge in [0.15, 0.2) is 0 Å². The molecular weight excluding hydrogens is 222 g/mol. The Morgan fingerprint density at radius 2 is 2.00 bits per heavy atom. The summed E-state index contributed by atoms with van der Waals surface area (Å²) in [4.78, 5) is 0. The topological polar surface area (TPSA) is 21.3 Å². The smallest absolute Gasteiger partial charge is 0.118 e. The quantitative estimate of drug-likeness (QED) is 0.796. The molecule has 1 aliphatic carbocycles. The van der Waals surface area contributed by atoms with E-state index in [4.69, 9.17) is 4.74 Å². The van der Waals surface area contributed by atoms with E-state index in [0.29, 0.717) is 6.04 Å². The third-order valence-corrected chi connectivity index (χ3v) is 3.72. The molecule has 0 fully saturated rings. The van der Waals surface area contributed by atoms with Gasteiger partial charge in [-0.3, -0.25) is 0 Å². The van der Waals surface area contributed by atoms with Crippen molar-refractivity contribution >= 4 is 0 Å². The lowest BCUT2D eigenvalue weighted by molar-refractivity contribution is 0.414. The van der Waals surface area contributed by atoms with E-state index in [9.17, 15) is 0 Å². The standard InChI is InChI=1S/C16H23NO/c1-17-16(12-13-6-4-3-5-7-13)14-8-10-15(18-2)11-9-14/h6,8-11,16-17H,3-5,7,12H2,1-2H3. The first-order valence-electron chi connectivity index (χ1n) is 6.82. The van der Waals surface area contributed by atoms with Crippen molar-refractivity contribution in [2.24, 2.45) is 0 Å². The van der Waals surface area contributed by atoms with Gasteiger partial charge in [0, 0.05) is 6.04 Å². The van der Waals surface area contributed by atoms with Gasteiger partial charge in [-0.15, -0.1) is 0 Å². The van der Waals surface area contributed by atoms with E-state index in [0.717, 1.165) is 12.2 Å². The Balaban J connectivity index is 2.04. The summed E-state index contributed by atoms with van der Waals surface area (Å²) in [6.07, 6.45) is 8.80. The molecule has 1 unspecified atom stereocenters. The predicted octanol–water partition coefficient (Wildman–Crippen LogP) is 3.85. The van der Waals surface area contributed by atoms with E-state index in [1.807, 2.05) is 19.2 Å². The van der Waals surface area contributed by atoms with Gasteiger partial charge in [-0.2, -0.15) is 0 Å². The molecule has 1 atom stereocenters. The first kappa shape index (κ1) is 13.2. The van der Waals surface area contributed by atoms with Crippen LogP contribution < -0.4 is 10.1 Å². The highest BCUT2D eigenvalue weighted by molar-refractivity contribution is 5.30. The van der Waals surface area contributed by atoms with Gasteiger partial charge >= 0.3 is 0 Å². The number of ether oxygens (including phenoxy) is 1. The fourth-order valence-electron chi connectivity index (χ4n) is 2.58. The molecule has 0 saturated carbocycles. The van der Waals surface area contributed by atoms with Gasteiger partial charge in [0.1, 0.15) is 5.75 Å². The van der Waals surface area contributed by atoms with E-state index in [2.05, 4.69) is 23.5 Å². The Morgan fingerprint density at radius 1 is 1.22 bits per heavy atom. The monoisotopic (exact) mass is 245 g/mol. The fraction of sp³-hybridized carbons (Fsp3) is 0.500. The Labute approximate surface area is 110 Å². The number of allylic oxidation sites excluding steroid dienone is 1. The Morgan fingerprint density at radius 3 is 2.56 bits per heavy atom. The molecule has 1 aromatic rings. The highest BCUT2D eigenvalue weighted by Gasteiger charge is 2.13. The van der Waals surface area contributed by atoms with Gasteiger partial charge in [-0.05, 0) is 56.8 Å². The maximum Gasteiger partial charge on any atom is 0.118 e. The van der Waals surface area contributed by atoms with E-state index in [1.54, 1.807) is 12.7 Å². The van der Waals surface area contributed by atoms with Crippen molar-refractivity contribution in [2.45, 2.75) is 38.1 Å². The number of hydrogen-bond acceptors (Lipinski definition) is 2. The minimum absolute atomic E-state index is 0.417. The molecule has 18 heavy (non-hydrogen) atoms. The minimum atomic E-state index is 0.417. The van der Waals surface area contributed by atoms with Crippen LogP contribution in [-0.4, -0.2) is 14.2 Å². The summed E-state index contributed by atoms with van der Waals surface area (Å²) in [6, 6.07) is 8.80. The van der Waals surface area contributed by atoms with Gasteiger partial charge in [0.05, 0.1) is 7.11 Å². The second-order valence-electron chi connectivity index (χ2n) is 4.93. The van der Waals surface area contributed by atoms with Crippen LogP contribution in [0.25, 0.3) is 0 Å². The minimum Gasteiger partial charge on any atom is -0.497 e. The van der Waals surface area contributed by atoms with Crippen LogP contribution in [-0.2, 0) is 0 Å². The molecule has 0 aromatic heterocycles. The highest BCUT2D eigenvalue weighted by atomic mass is 16.5. The van der Waals surface area contributed by atoms with Gasteiger partial charge < -0.3 is 10.1 Å². The van der Waals surface area contributed by atoms with Crippen LogP contribution in [0.3, 0.4) is 0 Å². The summed E-state index contributed by atoms with van der Waals surface area (Å²) in [5, 5.41) is 3.42. The summed E-state index contributed by atoms with van der Waals surface area (Å²) in [7, 11) is 3.75. The molecule has 98 valence electrons. The summed E-state index contributed by atoms with van der Waals surface area (Å²) < 4.78 is 5.20. The molecule has 0 spiro atoms. The summed E-state index contributed by atoms with van der Waals surface area (Å²) >= 11 is 0. The number of hydrogen-bond donors (Lipinski definition) is 1. The van der Waals surface area contributed by atoms with Crippen LogP contribution in [0.5, 0.6) is 5.75 Å². The molecule has 0 saturated heterocycles. The third kappa shape index (κ3) is 3.36. The van der Waals surface area contributed by atoms with Crippen molar-refractivity contribution in [3.05, 3.63) is 41.5 Å². The Kier molecular flexibility index (Phi) is 4.82. The molecule has 2 rings (SSSR count). The zero-order chi connectivity index (χ0) is 12.8. The molecule has 0 bridgehead atoms. The average Bonchev–Trinajstić information content (AvgIpc) is 2.46. The third-order valence-electron chi connectivity index (χ3n) is 3.72. The molecule has 2 heteroatoms. The van der Waals surface area contributed by atoms with Crippen molar-refractivity contribution in [2.75, 3.05) is 14.2 Å². The number of methoxy groups -OCH3 is 1. The van der Waals surface area contributed by atoms with Crippen molar-refractivity contribution < 1.29 is 4.74 Å². The van der Waals surface area contributed by atoms with E-state index < -0.39 is 0 Å². The number of nitrogens with one attached hydrogen (secondary N) is 1. The molecule has 1 aliphatic rings. The lowest BCUT2D eigenvalue weighted by Gasteiger charge is -2.21. The molecular formula is C16H23NO. The summed E-state index contributed by atoms with van der Waals surface area (Å²) in [6.45, 7) is 0. The Hall–Kier alpha value is -1.28. The molecule has 1 aromatic carbocycles. The van der Waals surface area contributed by atoms with Crippen molar-refractivity contribution in [1.82, 2.24) is 5.32 Å². The second kappa shape index (κ2) is 6.60. The maximum atomic E-state index is 5.20. The number of rotatable bonds is 5. The van der Waals surface area contributed by atoms with Crippen LogP contribution in [0.1, 0.15) is 43.7 Å². The van der Waals surface area contributed by atoms with E-state index in [-0.39, 0.29) is 0 Å². The van der Waals surface area contributed by atoms with E-state index >= 15 is 0 Å². The first-order chi connectivity index (χ1) is 8.83. The molecule has 1 N–H and O–H groups in total. The molecule has 2 nitrogen and oxygen atoms in total. The average molecular weight is 245 g/mol. The highest BCUT2D eigenvalue weighted by Crippen LogP contribution is 2.28. The van der Waals surface area contributed by atoms with Crippen LogP contribution in [0, 0.1) is 0 Å².